The third-order valence-corrected chi connectivity index (χ3v) is 3.46. The molecule has 0 atom stereocenters. The van der Waals surface area contributed by atoms with Gasteiger partial charge >= 0.3 is 0 Å². The quantitative estimate of drug-likeness (QED) is 0.558. The Morgan fingerprint density at radius 1 is 0.882 bits per heavy atom. The normalized spacial score (nSPS) is 10.6. The fourth-order valence-electron chi connectivity index (χ4n) is 1.49. The van der Waals surface area contributed by atoms with Crippen molar-refractivity contribution in [3.8, 4) is 11.1 Å². The second-order valence-corrected chi connectivity index (χ2v) is 4.97. The molecule has 0 fully saturated rings. The summed E-state index contributed by atoms with van der Waals surface area (Å²) in [6, 6.07) is 7.66. The largest absolute Gasteiger partial charge is 0.205 e. The van der Waals surface area contributed by atoms with Crippen LogP contribution in [-0.2, 0) is 0 Å². The van der Waals surface area contributed by atoms with Gasteiger partial charge in [0.05, 0.1) is 5.02 Å². The van der Waals surface area contributed by atoms with Gasteiger partial charge in [0.1, 0.15) is 5.82 Å². The van der Waals surface area contributed by atoms with Gasteiger partial charge in [0.25, 0.3) is 0 Å². The predicted molar refractivity (Wildman–Crippen MR) is 71.9 cm³/mol. The van der Waals surface area contributed by atoms with E-state index in [2.05, 4.69) is 0 Å². The molecule has 17 heavy (non-hydrogen) atoms. The molecule has 0 saturated carbocycles. The van der Waals surface area contributed by atoms with Crippen molar-refractivity contribution >= 4 is 46.4 Å². The summed E-state index contributed by atoms with van der Waals surface area (Å²) in [7, 11) is 0. The molecule has 0 radical (unpaired) electrons. The number of hydrogen-bond acceptors (Lipinski definition) is 0. The van der Waals surface area contributed by atoms with Crippen LogP contribution < -0.4 is 0 Å². The Hall–Kier alpha value is -0.470. The average molecular weight is 310 g/mol. The third-order valence-electron chi connectivity index (χ3n) is 2.23. The average Bonchev–Trinajstić information content (AvgIpc) is 2.24. The zero-order valence-electron chi connectivity index (χ0n) is 8.28. The van der Waals surface area contributed by atoms with E-state index < -0.39 is 5.82 Å². The van der Waals surface area contributed by atoms with Gasteiger partial charge in [-0.3, -0.25) is 0 Å². The van der Waals surface area contributed by atoms with Gasteiger partial charge in [-0.1, -0.05) is 52.5 Å². The van der Waals surface area contributed by atoms with Gasteiger partial charge in [-0.05, 0) is 24.3 Å². The summed E-state index contributed by atoms with van der Waals surface area (Å²) in [6.45, 7) is 0. The summed E-state index contributed by atoms with van der Waals surface area (Å²) in [5.41, 5.74) is 0.856. The number of rotatable bonds is 1. The van der Waals surface area contributed by atoms with Crippen molar-refractivity contribution in [1.29, 1.82) is 0 Å². The maximum Gasteiger partial charge on any atom is 0.143 e. The second-order valence-electron chi connectivity index (χ2n) is 3.35. The van der Waals surface area contributed by atoms with E-state index in [1.807, 2.05) is 0 Å². The van der Waals surface area contributed by atoms with Crippen LogP contribution in [0.4, 0.5) is 4.39 Å². The fraction of sp³-hybridized carbons (Fsp3) is 0. The minimum atomic E-state index is -0.606. The monoisotopic (exact) mass is 308 g/mol. The van der Waals surface area contributed by atoms with Gasteiger partial charge in [0.15, 0.2) is 0 Å². The highest BCUT2D eigenvalue weighted by Crippen LogP contribution is 2.40. The van der Waals surface area contributed by atoms with Gasteiger partial charge in [-0.15, -0.1) is 0 Å². The Morgan fingerprint density at radius 2 is 1.47 bits per heavy atom. The van der Waals surface area contributed by atoms with Crippen LogP contribution in [-0.4, -0.2) is 0 Å². The summed E-state index contributed by atoms with van der Waals surface area (Å²) < 4.78 is 13.5. The Bertz CT molecular complexity index is 561. The van der Waals surface area contributed by atoms with E-state index in [-0.39, 0.29) is 10.0 Å². The van der Waals surface area contributed by atoms with E-state index in [4.69, 9.17) is 46.4 Å². The van der Waals surface area contributed by atoms with Gasteiger partial charge in [0.2, 0.25) is 0 Å². The van der Waals surface area contributed by atoms with E-state index in [1.165, 1.54) is 6.07 Å². The lowest BCUT2D eigenvalue weighted by Crippen LogP contribution is -1.87. The standard InChI is InChI=1S/C12H5Cl4F/c13-6-4-7(12(16)10(17)5-6)11-8(14)2-1-3-9(11)15/h1-5H. The zero-order valence-corrected chi connectivity index (χ0v) is 11.3. The highest BCUT2D eigenvalue weighted by atomic mass is 35.5. The molecule has 2 aromatic rings. The van der Waals surface area contributed by atoms with Crippen LogP contribution in [0.25, 0.3) is 11.1 Å². The molecular formula is C12H5Cl4F. The smallest absolute Gasteiger partial charge is 0.143 e. The molecule has 0 spiro atoms. The predicted octanol–water partition coefficient (Wildman–Crippen LogP) is 6.11. The molecule has 0 aliphatic rings. The summed E-state index contributed by atoms with van der Waals surface area (Å²) in [6.07, 6.45) is 0. The van der Waals surface area contributed by atoms with E-state index in [0.717, 1.165) is 6.07 Å². The zero-order chi connectivity index (χ0) is 12.6. The lowest BCUT2D eigenvalue weighted by molar-refractivity contribution is 0.629. The molecule has 0 amide bonds. The molecule has 0 nitrogen and oxygen atoms in total. The van der Waals surface area contributed by atoms with Crippen molar-refractivity contribution in [2.24, 2.45) is 0 Å². The Balaban J connectivity index is 2.77. The van der Waals surface area contributed by atoms with E-state index >= 15 is 0 Å². The van der Waals surface area contributed by atoms with E-state index in [9.17, 15) is 4.39 Å². The molecule has 0 aliphatic heterocycles. The minimum absolute atomic E-state index is 0.0515. The van der Waals surface area contributed by atoms with Crippen molar-refractivity contribution in [3.05, 3.63) is 56.2 Å². The van der Waals surface area contributed by atoms with Gasteiger partial charge in [-0.25, -0.2) is 4.39 Å². The minimum Gasteiger partial charge on any atom is -0.205 e. The molecule has 0 N–H and O–H groups in total. The van der Waals surface area contributed by atoms with Crippen LogP contribution in [0.1, 0.15) is 0 Å². The lowest BCUT2D eigenvalue weighted by Gasteiger charge is -2.10. The second kappa shape index (κ2) is 5.03. The molecule has 0 aliphatic carbocycles. The summed E-state index contributed by atoms with van der Waals surface area (Å²) in [5, 5.41) is 0.962. The Labute approximate surface area is 118 Å². The SMILES string of the molecule is Fc1cc(Cl)cc(-c2c(Cl)cccc2Cl)c1Cl. The molecule has 88 valence electrons. The fourth-order valence-corrected chi connectivity index (χ4v) is 2.50. The van der Waals surface area contributed by atoms with Gasteiger partial charge < -0.3 is 0 Å². The van der Waals surface area contributed by atoms with Gasteiger partial charge in [-0.2, -0.15) is 0 Å². The summed E-state index contributed by atoms with van der Waals surface area (Å²) in [4.78, 5) is 0. The molecular weight excluding hydrogens is 305 g/mol. The molecule has 0 aromatic heterocycles. The summed E-state index contributed by atoms with van der Waals surface area (Å²) >= 11 is 23.7. The number of halogens is 5. The van der Waals surface area contributed by atoms with Crippen LogP contribution in [0.3, 0.4) is 0 Å². The van der Waals surface area contributed by atoms with Crippen LogP contribution >= 0.6 is 46.4 Å². The van der Waals surface area contributed by atoms with E-state index in [1.54, 1.807) is 18.2 Å². The maximum atomic E-state index is 13.5. The van der Waals surface area contributed by atoms with Crippen molar-refractivity contribution in [1.82, 2.24) is 0 Å². The first-order valence-corrected chi connectivity index (χ1v) is 6.11. The number of benzene rings is 2. The molecule has 0 saturated heterocycles. The van der Waals surface area contributed by atoms with Crippen LogP contribution in [0.2, 0.25) is 20.1 Å². The molecule has 2 aromatic carbocycles. The molecule has 0 heterocycles. The Kier molecular flexibility index (Phi) is 3.84. The van der Waals surface area contributed by atoms with Crippen LogP contribution in [0.15, 0.2) is 30.3 Å². The first kappa shape index (κ1) is 13.0. The lowest BCUT2D eigenvalue weighted by atomic mass is 10.1. The van der Waals surface area contributed by atoms with Crippen LogP contribution in [0, 0.1) is 5.82 Å². The van der Waals surface area contributed by atoms with E-state index in [0.29, 0.717) is 21.2 Å². The van der Waals surface area contributed by atoms with Crippen LogP contribution in [0.5, 0.6) is 0 Å². The molecule has 0 unspecified atom stereocenters. The molecule has 0 bridgehead atoms. The maximum absolute atomic E-state index is 13.5. The Morgan fingerprint density at radius 3 is 2.06 bits per heavy atom. The third kappa shape index (κ3) is 2.53. The number of hydrogen-bond donors (Lipinski definition) is 0. The first-order chi connectivity index (χ1) is 8.00. The molecule has 2 rings (SSSR count). The van der Waals surface area contributed by atoms with Crippen molar-refractivity contribution in [3.63, 3.8) is 0 Å². The summed E-state index contributed by atoms with van der Waals surface area (Å²) in [5.74, 6) is -0.606. The topological polar surface area (TPSA) is 0 Å². The van der Waals surface area contributed by atoms with Crippen molar-refractivity contribution in [2.45, 2.75) is 0 Å². The highest BCUT2D eigenvalue weighted by molar-refractivity contribution is 6.41. The first-order valence-electron chi connectivity index (χ1n) is 4.59. The van der Waals surface area contributed by atoms with Crippen molar-refractivity contribution in [2.75, 3.05) is 0 Å². The van der Waals surface area contributed by atoms with Crippen molar-refractivity contribution < 1.29 is 4.39 Å². The molecule has 5 heteroatoms. The van der Waals surface area contributed by atoms with Gasteiger partial charge in [0, 0.05) is 26.2 Å². The highest BCUT2D eigenvalue weighted by Gasteiger charge is 2.15.